The number of nitrogens with zero attached hydrogens (tertiary/aromatic N) is 2. The number of aromatic nitrogens is 1. The number of ether oxygens (including phenoxy) is 1. The summed E-state index contributed by atoms with van der Waals surface area (Å²) in [6.07, 6.45) is -0.0246. The first-order valence-corrected chi connectivity index (χ1v) is 9.31. The Morgan fingerprint density at radius 1 is 1.37 bits per heavy atom. The Labute approximate surface area is 158 Å². The first kappa shape index (κ1) is 17.4. The summed E-state index contributed by atoms with van der Waals surface area (Å²) in [6.45, 7) is 2.28. The van der Waals surface area contributed by atoms with Crippen molar-refractivity contribution in [2.75, 3.05) is 16.8 Å². The van der Waals surface area contributed by atoms with Crippen LogP contribution in [-0.4, -0.2) is 29.6 Å². The number of hydrogen-bond donors (Lipinski definition) is 1. The fraction of sp³-hybridized carbons (Fsp3) is 0.211. The Balaban J connectivity index is 1.53. The van der Waals surface area contributed by atoms with Gasteiger partial charge in [-0.05, 0) is 36.8 Å². The normalized spacial score (nSPS) is 16.6. The molecule has 3 aromatic rings. The second-order valence-corrected chi connectivity index (χ2v) is 7.16. The fourth-order valence-electron chi connectivity index (χ4n) is 2.89. The lowest BCUT2D eigenvalue weighted by molar-refractivity contribution is 0.102. The summed E-state index contributed by atoms with van der Waals surface area (Å²) >= 11 is 1.32. The molecule has 2 heterocycles. The van der Waals surface area contributed by atoms with Gasteiger partial charge in [-0.3, -0.25) is 15.0 Å². The van der Waals surface area contributed by atoms with Crippen LogP contribution in [0, 0.1) is 5.82 Å². The second kappa shape index (κ2) is 6.96. The number of cyclic esters (lactones) is 1. The van der Waals surface area contributed by atoms with E-state index in [1.165, 1.54) is 34.4 Å². The smallest absolute Gasteiger partial charge is 0.414 e. The number of amides is 2. The van der Waals surface area contributed by atoms with Crippen LogP contribution in [0.25, 0.3) is 10.2 Å². The molecule has 0 spiro atoms. The van der Waals surface area contributed by atoms with Gasteiger partial charge in [-0.15, -0.1) is 0 Å². The summed E-state index contributed by atoms with van der Waals surface area (Å²) in [5.41, 5.74) is 1.02. The SMILES string of the molecule is CCC1CN(c2ccc(C(=O)Nc3nc4ccccc4s3)c(F)c2)C(=O)O1. The lowest BCUT2D eigenvalue weighted by Crippen LogP contribution is -2.25. The van der Waals surface area contributed by atoms with Crippen LogP contribution < -0.4 is 10.2 Å². The van der Waals surface area contributed by atoms with E-state index in [0.29, 0.717) is 23.8 Å². The standard InChI is InChI=1S/C19H16FN3O3S/c1-2-12-10-23(19(25)26-12)11-7-8-13(14(20)9-11)17(24)22-18-21-15-5-3-4-6-16(15)27-18/h3-9,12H,2,10H2,1H3,(H,21,22,24). The van der Waals surface area contributed by atoms with Gasteiger partial charge in [0, 0.05) is 0 Å². The molecule has 1 atom stereocenters. The van der Waals surface area contributed by atoms with Crippen LogP contribution in [0.5, 0.6) is 0 Å². The van der Waals surface area contributed by atoms with Crippen LogP contribution in [0.1, 0.15) is 23.7 Å². The van der Waals surface area contributed by atoms with Crippen molar-refractivity contribution in [1.29, 1.82) is 0 Å². The van der Waals surface area contributed by atoms with Gasteiger partial charge >= 0.3 is 6.09 Å². The van der Waals surface area contributed by atoms with Gasteiger partial charge in [0.1, 0.15) is 11.9 Å². The number of hydrogen-bond acceptors (Lipinski definition) is 5. The molecule has 27 heavy (non-hydrogen) atoms. The molecule has 0 bridgehead atoms. The van der Waals surface area contributed by atoms with Crippen LogP contribution in [0.3, 0.4) is 0 Å². The Hall–Kier alpha value is -3.00. The highest BCUT2D eigenvalue weighted by Gasteiger charge is 2.31. The van der Waals surface area contributed by atoms with E-state index in [0.717, 1.165) is 10.2 Å². The number of anilines is 2. The molecule has 2 aromatic carbocycles. The van der Waals surface area contributed by atoms with Crippen LogP contribution >= 0.6 is 11.3 Å². The predicted molar refractivity (Wildman–Crippen MR) is 102 cm³/mol. The third-order valence-electron chi connectivity index (χ3n) is 4.35. The van der Waals surface area contributed by atoms with Crippen molar-refractivity contribution in [3.05, 3.63) is 53.8 Å². The summed E-state index contributed by atoms with van der Waals surface area (Å²) in [5, 5.41) is 3.03. The minimum absolute atomic E-state index is 0.113. The highest BCUT2D eigenvalue weighted by Crippen LogP contribution is 2.27. The quantitative estimate of drug-likeness (QED) is 0.722. The highest BCUT2D eigenvalue weighted by molar-refractivity contribution is 7.22. The number of carbonyl (C=O) groups excluding carboxylic acids is 2. The highest BCUT2D eigenvalue weighted by atomic mass is 32.1. The maximum atomic E-state index is 14.5. The molecule has 1 unspecified atom stereocenters. The molecule has 1 fully saturated rings. The van der Waals surface area contributed by atoms with Gasteiger partial charge < -0.3 is 4.74 Å². The fourth-order valence-corrected chi connectivity index (χ4v) is 3.75. The minimum Gasteiger partial charge on any atom is -0.444 e. The number of rotatable bonds is 4. The van der Waals surface area contributed by atoms with Crippen molar-refractivity contribution < 1.29 is 18.7 Å². The molecule has 8 heteroatoms. The predicted octanol–water partition coefficient (Wildman–Crippen LogP) is 4.42. The van der Waals surface area contributed by atoms with E-state index in [2.05, 4.69) is 10.3 Å². The Morgan fingerprint density at radius 2 is 2.19 bits per heavy atom. The molecule has 0 aliphatic carbocycles. The van der Waals surface area contributed by atoms with Crippen molar-refractivity contribution in [2.45, 2.75) is 19.4 Å². The van der Waals surface area contributed by atoms with Crippen LogP contribution in [0.2, 0.25) is 0 Å². The van der Waals surface area contributed by atoms with Gasteiger partial charge in [0.25, 0.3) is 5.91 Å². The number of thiazole rings is 1. The van der Waals surface area contributed by atoms with E-state index in [9.17, 15) is 14.0 Å². The number of benzene rings is 2. The maximum absolute atomic E-state index is 14.5. The van der Waals surface area contributed by atoms with E-state index in [4.69, 9.17) is 4.74 Å². The van der Waals surface area contributed by atoms with Crippen molar-refractivity contribution >= 4 is 44.4 Å². The molecule has 6 nitrogen and oxygen atoms in total. The molecule has 138 valence electrons. The third-order valence-corrected chi connectivity index (χ3v) is 5.30. The number of nitrogens with one attached hydrogen (secondary N) is 1. The zero-order chi connectivity index (χ0) is 19.0. The summed E-state index contributed by atoms with van der Waals surface area (Å²) in [6, 6.07) is 11.6. The number of para-hydroxylation sites is 1. The number of halogens is 1. The van der Waals surface area contributed by atoms with Gasteiger partial charge in [0.15, 0.2) is 5.13 Å². The van der Waals surface area contributed by atoms with Gasteiger partial charge in [-0.25, -0.2) is 14.2 Å². The summed E-state index contributed by atoms with van der Waals surface area (Å²) < 4.78 is 20.6. The molecule has 1 aromatic heterocycles. The van der Waals surface area contributed by atoms with Crippen molar-refractivity contribution in [2.24, 2.45) is 0 Å². The van der Waals surface area contributed by atoms with Gasteiger partial charge in [-0.1, -0.05) is 30.4 Å². The van der Waals surface area contributed by atoms with E-state index in [1.807, 2.05) is 31.2 Å². The van der Waals surface area contributed by atoms with E-state index >= 15 is 0 Å². The third kappa shape index (κ3) is 3.35. The molecule has 1 saturated heterocycles. The van der Waals surface area contributed by atoms with Gasteiger partial charge in [0.05, 0.1) is 28.0 Å². The van der Waals surface area contributed by atoms with Crippen LogP contribution in [-0.2, 0) is 4.74 Å². The number of carbonyl (C=O) groups is 2. The average Bonchev–Trinajstić information content (AvgIpc) is 3.23. The molecule has 0 saturated carbocycles. The monoisotopic (exact) mass is 385 g/mol. The summed E-state index contributed by atoms with van der Waals surface area (Å²) in [5.74, 6) is -1.30. The van der Waals surface area contributed by atoms with Gasteiger partial charge in [-0.2, -0.15) is 0 Å². The second-order valence-electron chi connectivity index (χ2n) is 6.13. The largest absolute Gasteiger partial charge is 0.444 e. The zero-order valence-electron chi connectivity index (χ0n) is 14.4. The van der Waals surface area contributed by atoms with Gasteiger partial charge in [0.2, 0.25) is 0 Å². The molecule has 1 N–H and O–H groups in total. The molecule has 4 rings (SSSR count). The summed E-state index contributed by atoms with van der Waals surface area (Å²) in [4.78, 5) is 30.0. The lowest BCUT2D eigenvalue weighted by atomic mass is 10.1. The molecule has 1 aliphatic heterocycles. The van der Waals surface area contributed by atoms with Crippen LogP contribution in [0.15, 0.2) is 42.5 Å². The van der Waals surface area contributed by atoms with Crippen molar-refractivity contribution in [3.8, 4) is 0 Å². The maximum Gasteiger partial charge on any atom is 0.414 e. The molecular formula is C19H16FN3O3S. The van der Waals surface area contributed by atoms with Crippen molar-refractivity contribution in [1.82, 2.24) is 4.98 Å². The van der Waals surface area contributed by atoms with E-state index in [1.54, 1.807) is 0 Å². The van der Waals surface area contributed by atoms with E-state index < -0.39 is 17.8 Å². The zero-order valence-corrected chi connectivity index (χ0v) is 15.3. The Morgan fingerprint density at radius 3 is 2.89 bits per heavy atom. The molecule has 0 radical (unpaired) electrons. The Bertz CT molecular complexity index is 1000. The number of fused-ring (bicyclic) bond motifs is 1. The minimum atomic E-state index is -0.709. The molecular weight excluding hydrogens is 369 g/mol. The molecule has 2 amide bonds. The first-order valence-electron chi connectivity index (χ1n) is 8.49. The van der Waals surface area contributed by atoms with Crippen LogP contribution in [0.4, 0.5) is 20.0 Å². The average molecular weight is 385 g/mol. The van der Waals surface area contributed by atoms with Crippen molar-refractivity contribution in [3.63, 3.8) is 0 Å². The summed E-state index contributed by atoms with van der Waals surface area (Å²) in [7, 11) is 0. The molecule has 1 aliphatic rings. The first-order chi connectivity index (χ1) is 13.0. The van der Waals surface area contributed by atoms with E-state index in [-0.39, 0.29) is 11.7 Å². The lowest BCUT2D eigenvalue weighted by Gasteiger charge is -2.14. The Kier molecular flexibility index (Phi) is 4.49. The topological polar surface area (TPSA) is 71.5 Å².